The van der Waals surface area contributed by atoms with Gasteiger partial charge in [-0.05, 0) is 32.9 Å². The Morgan fingerprint density at radius 2 is 1.78 bits per heavy atom. The minimum atomic E-state index is -0.895. The van der Waals surface area contributed by atoms with E-state index in [0.717, 1.165) is 0 Å². The maximum absolute atomic E-state index is 12.2. The van der Waals surface area contributed by atoms with Crippen molar-refractivity contribution >= 4 is 23.5 Å². The molecule has 128 valence electrons. The molecule has 0 saturated carbocycles. The Kier molecular flexibility index (Phi) is 6.69. The van der Waals surface area contributed by atoms with Gasteiger partial charge >= 0.3 is 5.97 Å². The van der Waals surface area contributed by atoms with E-state index in [-0.39, 0.29) is 22.6 Å². The van der Waals surface area contributed by atoms with Crippen molar-refractivity contribution in [2.75, 3.05) is 21.2 Å². The number of esters is 1. The van der Waals surface area contributed by atoms with Gasteiger partial charge < -0.3 is 19.1 Å². The van der Waals surface area contributed by atoms with Crippen molar-refractivity contribution in [2.45, 2.75) is 33.0 Å². The predicted octanol–water partition coefficient (Wildman–Crippen LogP) is 2.77. The molecule has 1 aromatic rings. The molecule has 7 heteroatoms. The summed E-state index contributed by atoms with van der Waals surface area (Å²) in [6.07, 6.45) is -0.995. The molecule has 0 bridgehead atoms. The van der Waals surface area contributed by atoms with Crippen LogP contribution in [0.2, 0.25) is 5.02 Å². The number of methoxy groups -OCH3 is 1. The lowest BCUT2D eigenvalue weighted by Crippen LogP contribution is -2.34. The van der Waals surface area contributed by atoms with Crippen LogP contribution in [0.15, 0.2) is 12.1 Å². The highest BCUT2D eigenvalue weighted by molar-refractivity contribution is 6.32. The number of hydrogen-bond donors (Lipinski definition) is 0. The van der Waals surface area contributed by atoms with Crippen molar-refractivity contribution in [3.8, 4) is 11.5 Å². The van der Waals surface area contributed by atoms with Crippen LogP contribution >= 0.6 is 11.6 Å². The van der Waals surface area contributed by atoms with Gasteiger partial charge in [-0.2, -0.15) is 0 Å². The fourth-order valence-electron chi connectivity index (χ4n) is 1.83. The lowest BCUT2D eigenvalue weighted by atomic mass is 10.2. The average molecular weight is 344 g/mol. The maximum Gasteiger partial charge on any atom is 0.339 e. The molecule has 1 aromatic carbocycles. The first-order chi connectivity index (χ1) is 10.7. The van der Waals surface area contributed by atoms with Crippen molar-refractivity contribution in [1.82, 2.24) is 4.90 Å². The highest BCUT2D eigenvalue weighted by Gasteiger charge is 2.23. The molecule has 0 aliphatic rings. The summed E-state index contributed by atoms with van der Waals surface area (Å²) in [5, 5.41) is 0.233. The minimum Gasteiger partial charge on any atom is -0.493 e. The third kappa shape index (κ3) is 5.03. The first-order valence-electron chi connectivity index (χ1n) is 7.13. The minimum absolute atomic E-state index is 0.100. The van der Waals surface area contributed by atoms with E-state index in [4.69, 9.17) is 25.8 Å². The van der Waals surface area contributed by atoms with Gasteiger partial charge in [0.1, 0.15) is 0 Å². The Morgan fingerprint density at radius 3 is 2.26 bits per heavy atom. The largest absolute Gasteiger partial charge is 0.493 e. The van der Waals surface area contributed by atoms with Gasteiger partial charge in [-0.15, -0.1) is 0 Å². The van der Waals surface area contributed by atoms with E-state index in [9.17, 15) is 9.59 Å². The van der Waals surface area contributed by atoms with E-state index in [1.54, 1.807) is 14.1 Å². The Bertz CT molecular complexity index is 586. The van der Waals surface area contributed by atoms with Gasteiger partial charge in [-0.3, -0.25) is 4.79 Å². The van der Waals surface area contributed by atoms with Gasteiger partial charge in [0, 0.05) is 14.1 Å². The number of likely N-dealkylation sites (N-methyl/N-ethyl adjacent to an activating group) is 1. The van der Waals surface area contributed by atoms with Gasteiger partial charge in [-0.25, -0.2) is 4.79 Å². The summed E-state index contributed by atoms with van der Waals surface area (Å²) in [6.45, 7) is 5.22. The van der Waals surface area contributed by atoms with Crippen LogP contribution in [0.4, 0.5) is 0 Å². The molecule has 1 rings (SSSR count). The lowest BCUT2D eigenvalue weighted by Gasteiger charge is -2.18. The van der Waals surface area contributed by atoms with Crippen molar-refractivity contribution in [2.24, 2.45) is 0 Å². The zero-order valence-corrected chi connectivity index (χ0v) is 14.9. The summed E-state index contributed by atoms with van der Waals surface area (Å²) < 4.78 is 15.9. The Morgan fingerprint density at radius 1 is 1.17 bits per heavy atom. The highest BCUT2D eigenvalue weighted by Crippen LogP contribution is 2.37. The van der Waals surface area contributed by atoms with E-state index in [0.29, 0.717) is 11.5 Å². The Hall–Kier alpha value is -1.95. The van der Waals surface area contributed by atoms with Gasteiger partial charge in [0.05, 0.1) is 23.8 Å². The van der Waals surface area contributed by atoms with Crippen LogP contribution in [0, 0.1) is 0 Å². The van der Waals surface area contributed by atoms with Crippen LogP contribution < -0.4 is 9.47 Å². The number of benzene rings is 1. The summed E-state index contributed by atoms with van der Waals surface area (Å²) in [7, 11) is 4.63. The van der Waals surface area contributed by atoms with Crippen LogP contribution in [-0.4, -0.2) is 50.2 Å². The standard InChI is InChI=1S/C16H22ClNO5/c1-9(2)22-14-12(17)7-11(8-13(14)21-6)16(20)23-10(3)15(19)18(4)5/h7-10H,1-6H3/t10-/m0/s1. The third-order valence-electron chi connectivity index (χ3n) is 2.89. The highest BCUT2D eigenvalue weighted by atomic mass is 35.5. The van der Waals surface area contributed by atoms with Crippen molar-refractivity contribution < 1.29 is 23.8 Å². The summed E-state index contributed by atoms with van der Waals surface area (Å²) in [5.74, 6) is -0.289. The number of carbonyl (C=O) groups excluding carboxylic acids is 2. The second kappa shape index (κ2) is 8.06. The van der Waals surface area contributed by atoms with Gasteiger partial charge in [0.15, 0.2) is 17.6 Å². The molecule has 1 amide bonds. The zero-order chi connectivity index (χ0) is 17.7. The second-order valence-corrected chi connectivity index (χ2v) is 5.84. The molecular formula is C16H22ClNO5. The summed E-state index contributed by atoms with van der Waals surface area (Å²) in [5.41, 5.74) is 0.182. The van der Waals surface area contributed by atoms with E-state index in [1.807, 2.05) is 13.8 Å². The fourth-order valence-corrected chi connectivity index (χ4v) is 2.09. The number of nitrogens with zero attached hydrogens (tertiary/aromatic N) is 1. The number of rotatable bonds is 6. The van der Waals surface area contributed by atoms with Crippen LogP contribution in [0.1, 0.15) is 31.1 Å². The first-order valence-corrected chi connectivity index (χ1v) is 7.51. The van der Waals surface area contributed by atoms with E-state index in [1.165, 1.54) is 31.1 Å². The monoisotopic (exact) mass is 343 g/mol. The zero-order valence-electron chi connectivity index (χ0n) is 14.2. The van der Waals surface area contributed by atoms with Gasteiger partial charge in [-0.1, -0.05) is 11.6 Å². The quantitative estimate of drug-likeness (QED) is 0.743. The number of ether oxygens (including phenoxy) is 3. The number of amides is 1. The molecular weight excluding hydrogens is 322 g/mol. The molecule has 1 atom stereocenters. The molecule has 0 N–H and O–H groups in total. The van der Waals surface area contributed by atoms with Crippen molar-refractivity contribution in [3.63, 3.8) is 0 Å². The Labute approximate surface area is 141 Å². The van der Waals surface area contributed by atoms with Crippen LogP contribution in [0.3, 0.4) is 0 Å². The normalized spacial score (nSPS) is 11.8. The molecule has 0 fully saturated rings. The lowest BCUT2D eigenvalue weighted by molar-refractivity contribution is -0.137. The maximum atomic E-state index is 12.2. The molecule has 6 nitrogen and oxygen atoms in total. The van der Waals surface area contributed by atoms with Crippen molar-refractivity contribution in [3.05, 3.63) is 22.7 Å². The smallest absolute Gasteiger partial charge is 0.339 e. The van der Waals surface area contributed by atoms with E-state index < -0.39 is 12.1 Å². The fraction of sp³-hybridized carbons (Fsp3) is 0.500. The van der Waals surface area contributed by atoms with Crippen LogP contribution in [0.5, 0.6) is 11.5 Å². The average Bonchev–Trinajstić information content (AvgIpc) is 2.47. The summed E-state index contributed by atoms with van der Waals surface area (Å²) in [4.78, 5) is 25.3. The molecule has 0 radical (unpaired) electrons. The topological polar surface area (TPSA) is 65.1 Å². The molecule has 0 aromatic heterocycles. The molecule has 0 unspecified atom stereocenters. The first kappa shape index (κ1) is 19.1. The van der Waals surface area contributed by atoms with E-state index in [2.05, 4.69) is 0 Å². The third-order valence-corrected chi connectivity index (χ3v) is 3.17. The van der Waals surface area contributed by atoms with E-state index >= 15 is 0 Å². The SMILES string of the molecule is COc1cc(C(=O)O[C@@H](C)C(=O)N(C)C)cc(Cl)c1OC(C)C. The molecule has 0 aliphatic heterocycles. The molecule has 0 aliphatic carbocycles. The summed E-state index contributed by atoms with van der Waals surface area (Å²) in [6, 6.07) is 2.90. The van der Waals surface area contributed by atoms with Gasteiger partial charge in [0.2, 0.25) is 0 Å². The van der Waals surface area contributed by atoms with Crippen LogP contribution in [0.25, 0.3) is 0 Å². The van der Waals surface area contributed by atoms with Gasteiger partial charge in [0.25, 0.3) is 5.91 Å². The molecule has 23 heavy (non-hydrogen) atoms. The van der Waals surface area contributed by atoms with Crippen molar-refractivity contribution in [1.29, 1.82) is 0 Å². The second-order valence-electron chi connectivity index (χ2n) is 5.44. The number of carbonyl (C=O) groups is 2. The summed E-state index contributed by atoms with van der Waals surface area (Å²) >= 11 is 6.16. The molecule has 0 heterocycles. The number of halogens is 1. The molecule has 0 saturated heterocycles. The Balaban J connectivity index is 3.02. The predicted molar refractivity (Wildman–Crippen MR) is 87.3 cm³/mol. The van der Waals surface area contributed by atoms with Crippen LogP contribution in [-0.2, 0) is 9.53 Å². The number of hydrogen-bond acceptors (Lipinski definition) is 5. The molecule has 0 spiro atoms.